The van der Waals surface area contributed by atoms with Crippen molar-refractivity contribution in [3.63, 3.8) is 0 Å². The molecule has 0 aliphatic rings. The molecule has 1 aromatic heterocycles. The fourth-order valence-corrected chi connectivity index (χ4v) is 3.23. The Hall–Kier alpha value is -1.62. The Morgan fingerprint density at radius 3 is 2.68 bits per heavy atom. The van der Waals surface area contributed by atoms with Gasteiger partial charge in [-0.15, -0.1) is 35.3 Å². The van der Waals surface area contributed by atoms with Gasteiger partial charge in [0.2, 0.25) is 0 Å². The van der Waals surface area contributed by atoms with Gasteiger partial charge in [0.1, 0.15) is 0 Å². The lowest BCUT2D eigenvalue weighted by atomic mass is 10.2. The molecule has 2 rings (SSSR count). The molecule has 0 spiro atoms. The molecule has 0 saturated heterocycles. The van der Waals surface area contributed by atoms with Crippen LogP contribution in [0.5, 0.6) is 11.5 Å². The van der Waals surface area contributed by atoms with Crippen molar-refractivity contribution in [3.05, 3.63) is 46.2 Å². The molecule has 0 radical (unpaired) electrons. The molecule has 0 aliphatic heterocycles. The van der Waals surface area contributed by atoms with Gasteiger partial charge in [-0.2, -0.15) is 8.78 Å². The second-order valence-corrected chi connectivity index (χ2v) is 6.78. The van der Waals surface area contributed by atoms with E-state index in [2.05, 4.69) is 31.4 Å². The van der Waals surface area contributed by atoms with Gasteiger partial charge in [0.25, 0.3) is 0 Å². The highest BCUT2D eigenvalue weighted by Gasteiger charge is 2.12. The van der Waals surface area contributed by atoms with Crippen LogP contribution in [-0.4, -0.2) is 44.7 Å². The summed E-state index contributed by atoms with van der Waals surface area (Å²) in [5.41, 5.74) is 0.882. The van der Waals surface area contributed by atoms with Crippen LogP contribution in [0.4, 0.5) is 8.78 Å². The molecule has 5 nitrogen and oxygen atoms in total. The van der Waals surface area contributed by atoms with Gasteiger partial charge in [-0.3, -0.25) is 4.99 Å². The zero-order chi connectivity index (χ0) is 19.6. The van der Waals surface area contributed by atoms with Crippen molar-refractivity contribution in [1.82, 2.24) is 10.2 Å². The summed E-state index contributed by atoms with van der Waals surface area (Å²) in [6.07, 6.45) is 0.947. The first kappa shape index (κ1) is 24.4. The first-order valence-corrected chi connectivity index (χ1v) is 9.56. The summed E-state index contributed by atoms with van der Waals surface area (Å²) in [4.78, 5) is 7.68. The Balaban J connectivity index is 0.00000392. The van der Waals surface area contributed by atoms with Crippen molar-refractivity contribution in [2.24, 2.45) is 4.99 Å². The molecule has 2 aromatic rings. The Morgan fingerprint density at radius 1 is 1.29 bits per heavy atom. The monoisotopic (exact) mass is 525 g/mol. The summed E-state index contributed by atoms with van der Waals surface area (Å²) >= 11 is 1.74. The number of halogens is 3. The molecule has 0 unspecified atom stereocenters. The van der Waals surface area contributed by atoms with E-state index in [1.807, 2.05) is 13.1 Å². The molecule has 9 heteroatoms. The minimum Gasteiger partial charge on any atom is -0.490 e. The summed E-state index contributed by atoms with van der Waals surface area (Å²) in [6, 6.07) is 9.09. The minimum absolute atomic E-state index is 0. The fourth-order valence-electron chi connectivity index (χ4n) is 2.53. The lowest BCUT2D eigenvalue weighted by molar-refractivity contribution is -0.0514. The number of alkyl halides is 2. The van der Waals surface area contributed by atoms with E-state index in [4.69, 9.17) is 4.74 Å². The van der Waals surface area contributed by atoms with Gasteiger partial charge in [-0.1, -0.05) is 12.1 Å². The second kappa shape index (κ2) is 12.8. The average molecular weight is 525 g/mol. The minimum atomic E-state index is -2.89. The number of aliphatic imine (C=N–C) groups is 1. The van der Waals surface area contributed by atoms with Crippen molar-refractivity contribution in [3.8, 4) is 11.5 Å². The van der Waals surface area contributed by atoms with Crippen LogP contribution in [0.3, 0.4) is 0 Å². The van der Waals surface area contributed by atoms with Gasteiger partial charge >= 0.3 is 6.61 Å². The lowest BCUT2D eigenvalue weighted by Crippen LogP contribution is -2.39. The number of ether oxygens (including phenoxy) is 2. The summed E-state index contributed by atoms with van der Waals surface area (Å²) in [5.74, 6) is 1.10. The topological polar surface area (TPSA) is 46.1 Å². The SMILES string of the molecule is CCOc1cc(CNC(=NC)N(C)CCc2cccs2)ccc1OC(F)F.I. The van der Waals surface area contributed by atoms with Gasteiger partial charge in [0.15, 0.2) is 17.5 Å². The number of likely N-dealkylation sites (N-methyl/N-ethyl adjacent to an activating group) is 1. The highest BCUT2D eigenvalue weighted by atomic mass is 127. The predicted molar refractivity (Wildman–Crippen MR) is 121 cm³/mol. The van der Waals surface area contributed by atoms with Crippen LogP contribution in [0.15, 0.2) is 40.7 Å². The number of hydrogen-bond acceptors (Lipinski definition) is 4. The molecular formula is C19H26F2IN3O2S. The molecule has 28 heavy (non-hydrogen) atoms. The number of nitrogens with one attached hydrogen (secondary N) is 1. The van der Waals surface area contributed by atoms with E-state index in [-0.39, 0.29) is 29.7 Å². The van der Waals surface area contributed by atoms with E-state index in [0.717, 1.165) is 24.5 Å². The number of benzene rings is 1. The summed E-state index contributed by atoms with van der Waals surface area (Å²) < 4.78 is 34.9. The number of thiophene rings is 1. The van der Waals surface area contributed by atoms with Crippen molar-refractivity contribution in [1.29, 1.82) is 0 Å². The molecule has 156 valence electrons. The molecule has 0 saturated carbocycles. The van der Waals surface area contributed by atoms with E-state index in [9.17, 15) is 8.78 Å². The van der Waals surface area contributed by atoms with E-state index in [0.29, 0.717) is 18.9 Å². The van der Waals surface area contributed by atoms with Crippen LogP contribution in [-0.2, 0) is 13.0 Å². The summed E-state index contributed by atoms with van der Waals surface area (Å²) in [6.45, 7) is 0.603. The molecule has 1 N–H and O–H groups in total. The van der Waals surface area contributed by atoms with Crippen LogP contribution in [0, 0.1) is 0 Å². The van der Waals surface area contributed by atoms with Gasteiger partial charge in [-0.25, -0.2) is 0 Å². The maximum absolute atomic E-state index is 12.5. The summed E-state index contributed by atoms with van der Waals surface area (Å²) in [5, 5.41) is 5.35. The number of rotatable bonds is 9. The number of hydrogen-bond donors (Lipinski definition) is 1. The molecule has 0 amide bonds. The first-order valence-electron chi connectivity index (χ1n) is 8.68. The van der Waals surface area contributed by atoms with Crippen LogP contribution in [0.2, 0.25) is 0 Å². The van der Waals surface area contributed by atoms with Gasteiger partial charge in [0.05, 0.1) is 6.61 Å². The Labute approximate surface area is 185 Å². The third kappa shape index (κ3) is 7.78. The molecule has 1 heterocycles. The molecular weight excluding hydrogens is 499 g/mol. The molecule has 1 aromatic carbocycles. The Kier molecular flexibility index (Phi) is 11.1. The van der Waals surface area contributed by atoms with Crippen LogP contribution in [0.25, 0.3) is 0 Å². The van der Waals surface area contributed by atoms with E-state index < -0.39 is 6.61 Å². The normalized spacial score (nSPS) is 11.1. The molecule has 0 bridgehead atoms. The van der Waals surface area contributed by atoms with E-state index in [1.54, 1.807) is 37.4 Å². The maximum atomic E-state index is 12.5. The van der Waals surface area contributed by atoms with Crippen molar-refractivity contribution in [2.45, 2.75) is 26.5 Å². The first-order chi connectivity index (χ1) is 13.0. The third-order valence-corrected chi connectivity index (χ3v) is 4.76. The maximum Gasteiger partial charge on any atom is 0.387 e. The second-order valence-electron chi connectivity index (χ2n) is 5.74. The zero-order valence-corrected chi connectivity index (χ0v) is 19.3. The number of guanidine groups is 1. The van der Waals surface area contributed by atoms with Crippen molar-refractivity contribution < 1.29 is 18.3 Å². The smallest absolute Gasteiger partial charge is 0.387 e. The number of nitrogens with zero attached hydrogens (tertiary/aromatic N) is 2. The van der Waals surface area contributed by atoms with Gasteiger partial charge in [-0.05, 0) is 42.5 Å². The summed E-state index contributed by atoms with van der Waals surface area (Å²) in [7, 11) is 3.71. The van der Waals surface area contributed by atoms with Crippen LogP contribution >= 0.6 is 35.3 Å². The zero-order valence-electron chi connectivity index (χ0n) is 16.2. The van der Waals surface area contributed by atoms with Crippen molar-refractivity contribution >= 4 is 41.3 Å². The highest BCUT2D eigenvalue weighted by molar-refractivity contribution is 14.0. The quantitative estimate of drug-likeness (QED) is 0.295. The van der Waals surface area contributed by atoms with E-state index >= 15 is 0 Å². The third-order valence-electron chi connectivity index (χ3n) is 3.82. The lowest BCUT2D eigenvalue weighted by Gasteiger charge is -2.22. The molecule has 0 atom stereocenters. The highest BCUT2D eigenvalue weighted by Crippen LogP contribution is 2.29. The average Bonchev–Trinajstić information content (AvgIpc) is 3.16. The molecule has 0 aliphatic carbocycles. The van der Waals surface area contributed by atoms with Crippen LogP contribution < -0.4 is 14.8 Å². The van der Waals surface area contributed by atoms with Crippen molar-refractivity contribution in [2.75, 3.05) is 27.2 Å². The Bertz CT molecular complexity index is 730. The Morgan fingerprint density at radius 2 is 2.07 bits per heavy atom. The fraction of sp³-hybridized carbons (Fsp3) is 0.421. The van der Waals surface area contributed by atoms with Gasteiger partial charge in [0, 0.05) is 32.1 Å². The molecule has 0 fully saturated rings. The van der Waals surface area contributed by atoms with E-state index in [1.165, 1.54) is 10.9 Å². The van der Waals surface area contributed by atoms with Gasteiger partial charge < -0.3 is 19.7 Å². The van der Waals surface area contributed by atoms with Crippen LogP contribution in [0.1, 0.15) is 17.4 Å². The largest absolute Gasteiger partial charge is 0.490 e. The standard InChI is InChI=1S/C19H25F2N3O2S.HI/c1-4-25-17-12-14(7-8-16(17)26-18(20)21)13-23-19(22-2)24(3)10-9-15-6-5-11-27-15;/h5-8,11-12,18H,4,9-10,13H2,1-3H3,(H,22,23);1H. The predicted octanol–water partition coefficient (Wildman–Crippen LogP) is 4.62.